The molecule has 0 aromatic carbocycles. The molecule has 0 nitrogen and oxygen atoms in total. The first kappa shape index (κ1) is 18.2. The van der Waals surface area contributed by atoms with Crippen LogP contribution in [0.4, 0.5) is 43.9 Å². The van der Waals surface area contributed by atoms with Crippen LogP contribution in [0.5, 0.6) is 0 Å². The van der Waals surface area contributed by atoms with Crippen molar-refractivity contribution in [2.75, 3.05) is 0 Å². The average Bonchev–Trinajstić information content (AvgIpc) is 1.97. The highest BCUT2D eigenvalue weighted by Crippen LogP contribution is 2.22. The Hall–Kier alpha value is -1.22. The molecule has 10 heteroatoms. The highest BCUT2D eigenvalue weighted by molar-refractivity contribution is 4.93. The normalized spacial score (nSPS) is 14.0. The Morgan fingerprint density at radius 2 is 0.706 bits per heavy atom. The summed E-state index contributed by atoms with van der Waals surface area (Å²) in [7, 11) is 0. The lowest BCUT2D eigenvalue weighted by molar-refractivity contribution is -0.0981. The number of alkyl halides is 9. The summed E-state index contributed by atoms with van der Waals surface area (Å²) in [4.78, 5) is 0. The van der Waals surface area contributed by atoms with Crippen molar-refractivity contribution >= 4 is 0 Å². The third-order valence-electron chi connectivity index (χ3n) is 0.713. The van der Waals surface area contributed by atoms with Gasteiger partial charge in [0.1, 0.15) is 0 Å². The van der Waals surface area contributed by atoms with Gasteiger partial charge in [0.15, 0.2) is 0 Å². The SMILES string of the molecule is F/C=C\C(F)(F)F.FC(F)(F)/C=C/C(F)(F)F. The second-order valence-electron chi connectivity index (χ2n) is 2.25. The molecule has 0 rings (SSSR count). The van der Waals surface area contributed by atoms with Crippen LogP contribution in [0.25, 0.3) is 0 Å². The van der Waals surface area contributed by atoms with E-state index >= 15 is 0 Å². The van der Waals surface area contributed by atoms with Crippen LogP contribution in [-0.2, 0) is 0 Å². The van der Waals surface area contributed by atoms with Crippen molar-refractivity contribution in [3.63, 3.8) is 0 Å². The van der Waals surface area contributed by atoms with Crippen LogP contribution in [-0.4, -0.2) is 18.5 Å². The number of hydrogen-bond donors (Lipinski definition) is 0. The van der Waals surface area contributed by atoms with Gasteiger partial charge in [-0.2, -0.15) is 39.5 Å². The van der Waals surface area contributed by atoms with Gasteiger partial charge in [-0.05, 0) is 0 Å². The lowest BCUT2D eigenvalue weighted by Gasteiger charge is -1.99. The summed E-state index contributed by atoms with van der Waals surface area (Å²) in [6.45, 7) is 0. The van der Waals surface area contributed by atoms with Gasteiger partial charge in [-0.3, -0.25) is 0 Å². The van der Waals surface area contributed by atoms with Gasteiger partial charge < -0.3 is 0 Å². The zero-order valence-electron chi connectivity index (χ0n) is 7.59. The standard InChI is InChI=1S/C4H2F6.C3H2F4/c5-3(6,7)1-2-4(8,9)10;4-2-1-3(5,6)7/h1-2H;1-2H/b2-1+;2-1-. The quantitative estimate of drug-likeness (QED) is 0.445. The average molecular weight is 278 g/mol. The van der Waals surface area contributed by atoms with E-state index in [2.05, 4.69) is 0 Å². The predicted molar refractivity (Wildman–Crippen MR) is 37.6 cm³/mol. The van der Waals surface area contributed by atoms with Crippen LogP contribution in [0.15, 0.2) is 24.6 Å². The fourth-order valence-electron chi connectivity index (χ4n) is 0.260. The van der Waals surface area contributed by atoms with E-state index in [1.165, 1.54) is 0 Å². The van der Waals surface area contributed by atoms with Crippen molar-refractivity contribution in [1.29, 1.82) is 0 Å². The van der Waals surface area contributed by atoms with Gasteiger partial charge in [-0.1, -0.05) is 0 Å². The first-order chi connectivity index (χ1) is 7.27. The molecule has 0 aromatic rings. The maximum Gasteiger partial charge on any atom is 0.411 e. The monoisotopic (exact) mass is 278 g/mol. The van der Waals surface area contributed by atoms with Crippen molar-refractivity contribution in [3.05, 3.63) is 24.6 Å². The van der Waals surface area contributed by atoms with Crippen molar-refractivity contribution in [1.82, 2.24) is 0 Å². The van der Waals surface area contributed by atoms with Crippen LogP contribution < -0.4 is 0 Å². The number of allylic oxidation sites excluding steroid dienone is 3. The molecule has 0 aliphatic heterocycles. The largest absolute Gasteiger partial charge is 0.411 e. The minimum atomic E-state index is -4.89. The lowest BCUT2D eigenvalue weighted by Crippen LogP contribution is -2.07. The topological polar surface area (TPSA) is 0 Å². The molecule has 0 saturated heterocycles. The van der Waals surface area contributed by atoms with Gasteiger partial charge in [0.2, 0.25) is 0 Å². The van der Waals surface area contributed by atoms with E-state index in [0.717, 1.165) is 0 Å². The van der Waals surface area contributed by atoms with Gasteiger partial charge >= 0.3 is 18.5 Å². The second kappa shape index (κ2) is 6.50. The molecule has 0 fully saturated rings. The number of halogens is 10. The Bertz CT molecular complexity index is 233. The second-order valence-corrected chi connectivity index (χ2v) is 2.25. The summed E-state index contributed by atoms with van der Waals surface area (Å²) in [5.74, 6) is 0. The molecular weight excluding hydrogens is 274 g/mol. The Morgan fingerprint density at radius 1 is 0.471 bits per heavy atom. The van der Waals surface area contributed by atoms with Crippen LogP contribution in [0, 0.1) is 0 Å². The highest BCUT2D eigenvalue weighted by atomic mass is 19.4. The summed E-state index contributed by atoms with van der Waals surface area (Å²) >= 11 is 0. The van der Waals surface area contributed by atoms with Crippen molar-refractivity contribution in [2.24, 2.45) is 0 Å². The summed E-state index contributed by atoms with van der Waals surface area (Å²) in [6.07, 6.45) is -17.0. The molecule has 0 bridgehead atoms. The van der Waals surface area contributed by atoms with Crippen LogP contribution in [0.1, 0.15) is 0 Å². The molecule has 0 spiro atoms. The van der Waals surface area contributed by atoms with E-state index in [-0.39, 0.29) is 0 Å². The Balaban J connectivity index is 0. The summed E-state index contributed by atoms with van der Waals surface area (Å²) < 4.78 is 109. The van der Waals surface area contributed by atoms with E-state index in [1.54, 1.807) is 0 Å². The number of rotatable bonds is 0. The molecule has 0 N–H and O–H groups in total. The van der Waals surface area contributed by atoms with E-state index in [4.69, 9.17) is 0 Å². The van der Waals surface area contributed by atoms with E-state index in [1.807, 2.05) is 0 Å². The minimum absolute atomic E-state index is 0.479. The Kier molecular flexibility index (Phi) is 6.94. The third-order valence-corrected chi connectivity index (χ3v) is 0.713. The van der Waals surface area contributed by atoms with Crippen LogP contribution >= 0.6 is 0 Å². The molecule has 0 atom stereocenters. The van der Waals surface area contributed by atoms with Crippen molar-refractivity contribution < 1.29 is 43.9 Å². The molecule has 0 radical (unpaired) electrons. The Labute approximate surface area is 88.2 Å². The maximum absolute atomic E-state index is 11.0. The summed E-state index contributed by atoms with van der Waals surface area (Å²) in [5.41, 5.74) is 0. The fraction of sp³-hybridized carbons (Fsp3) is 0.429. The van der Waals surface area contributed by atoms with Gasteiger partial charge in [0.25, 0.3) is 0 Å². The minimum Gasteiger partial charge on any atom is -0.216 e. The molecule has 0 aliphatic rings. The summed E-state index contributed by atoms with van der Waals surface area (Å²) in [6, 6.07) is 0. The first-order valence-electron chi connectivity index (χ1n) is 3.45. The molecule has 17 heavy (non-hydrogen) atoms. The van der Waals surface area contributed by atoms with Gasteiger partial charge in [0.05, 0.1) is 6.33 Å². The van der Waals surface area contributed by atoms with Gasteiger partial charge in [-0.15, -0.1) is 0 Å². The molecule has 0 saturated carbocycles. The highest BCUT2D eigenvalue weighted by Gasteiger charge is 2.29. The first-order valence-corrected chi connectivity index (χ1v) is 3.45. The van der Waals surface area contributed by atoms with Gasteiger partial charge in [-0.25, -0.2) is 4.39 Å². The molecule has 0 amide bonds. The molecular formula is C7H4F10. The Morgan fingerprint density at radius 3 is 0.765 bits per heavy atom. The van der Waals surface area contributed by atoms with Crippen LogP contribution in [0.3, 0.4) is 0 Å². The van der Waals surface area contributed by atoms with Gasteiger partial charge in [0, 0.05) is 18.2 Å². The van der Waals surface area contributed by atoms with E-state index in [9.17, 15) is 43.9 Å². The lowest BCUT2D eigenvalue weighted by atomic mass is 10.5. The number of hydrogen-bond acceptors (Lipinski definition) is 0. The molecule has 0 heterocycles. The molecule has 0 aromatic heterocycles. The zero-order chi connectivity index (χ0) is 14.3. The third kappa shape index (κ3) is 25.2. The zero-order valence-corrected chi connectivity index (χ0v) is 7.59. The van der Waals surface area contributed by atoms with E-state index in [0.29, 0.717) is 0 Å². The molecule has 0 unspecified atom stereocenters. The summed E-state index contributed by atoms with van der Waals surface area (Å²) in [5, 5.41) is 0. The fourth-order valence-corrected chi connectivity index (χ4v) is 0.260. The molecule has 0 aliphatic carbocycles. The molecule has 102 valence electrons. The predicted octanol–water partition coefficient (Wildman–Crippen LogP) is 4.70. The smallest absolute Gasteiger partial charge is 0.216 e. The van der Waals surface area contributed by atoms with Crippen LogP contribution in [0.2, 0.25) is 0 Å². The van der Waals surface area contributed by atoms with E-state index < -0.39 is 43.1 Å². The van der Waals surface area contributed by atoms with Crippen molar-refractivity contribution in [2.45, 2.75) is 18.5 Å². The maximum atomic E-state index is 11.0. The van der Waals surface area contributed by atoms with Crippen molar-refractivity contribution in [3.8, 4) is 0 Å².